The highest BCUT2D eigenvalue weighted by atomic mass is 32.2. The molecule has 0 spiro atoms. The largest absolute Gasteiger partial charge is 0.390 e. The van der Waals surface area contributed by atoms with E-state index in [9.17, 15) is 4.79 Å². The van der Waals surface area contributed by atoms with Crippen LogP contribution in [0.3, 0.4) is 0 Å². The summed E-state index contributed by atoms with van der Waals surface area (Å²) < 4.78 is 0. The SMILES string of the molecule is NC(=S)/C=C1/NC(=O)CS1. The van der Waals surface area contributed by atoms with Gasteiger partial charge in [-0.05, 0) is 0 Å². The first-order chi connectivity index (χ1) is 4.68. The second-order valence-electron chi connectivity index (χ2n) is 1.75. The molecule has 1 heterocycles. The highest BCUT2D eigenvalue weighted by Crippen LogP contribution is 2.17. The van der Waals surface area contributed by atoms with Crippen LogP contribution < -0.4 is 11.1 Å². The maximum Gasteiger partial charge on any atom is 0.235 e. The van der Waals surface area contributed by atoms with Crippen LogP contribution in [0.25, 0.3) is 0 Å². The summed E-state index contributed by atoms with van der Waals surface area (Å²) in [5.41, 5.74) is 5.21. The van der Waals surface area contributed by atoms with Crippen molar-refractivity contribution < 1.29 is 4.79 Å². The van der Waals surface area contributed by atoms with Crippen LogP contribution in [0, 0.1) is 0 Å². The van der Waals surface area contributed by atoms with Crippen molar-refractivity contribution in [3.8, 4) is 0 Å². The number of nitrogens with two attached hydrogens (primary N) is 1. The minimum atomic E-state index is 0.00694. The number of hydrogen-bond donors (Lipinski definition) is 2. The van der Waals surface area contributed by atoms with E-state index in [0.717, 1.165) is 5.03 Å². The van der Waals surface area contributed by atoms with Gasteiger partial charge in [0.15, 0.2) is 0 Å². The molecule has 0 saturated carbocycles. The van der Waals surface area contributed by atoms with E-state index in [2.05, 4.69) is 17.5 Å². The smallest absolute Gasteiger partial charge is 0.235 e. The van der Waals surface area contributed by atoms with Crippen LogP contribution in [0.2, 0.25) is 0 Å². The van der Waals surface area contributed by atoms with Crippen molar-refractivity contribution in [2.75, 3.05) is 5.75 Å². The third kappa shape index (κ3) is 2.00. The molecule has 0 atom stereocenters. The van der Waals surface area contributed by atoms with Crippen molar-refractivity contribution in [2.45, 2.75) is 0 Å². The summed E-state index contributed by atoms with van der Waals surface area (Å²) in [5, 5.41) is 3.35. The van der Waals surface area contributed by atoms with E-state index in [-0.39, 0.29) is 5.91 Å². The molecule has 10 heavy (non-hydrogen) atoms. The molecule has 54 valence electrons. The van der Waals surface area contributed by atoms with Crippen LogP contribution in [0.5, 0.6) is 0 Å². The molecule has 1 aliphatic rings. The molecule has 1 amide bonds. The predicted octanol–water partition coefficient (Wildman–Crippen LogP) is -0.0231. The van der Waals surface area contributed by atoms with Crippen molar-refractivity contribution in [1.82, 2.24) is 5.32 Å². The Bertz CT molecular complexity index is 212. The van der Waals surface area contributed by atoms with E-state index in [1.165, 1.54) is 11.8 Å². The van der Waals surface area contributed by atoms with E-state index >= 15 is 0 Å². The maximum atomic E-state index is 10.6. The van der Waals surface area contributed by atoms with Crippen molar-refractivity contribution in [3.05, 3.63) is 11.1 Å². The molecule has 0 bridgehead atoms. The summed E-state index contributed by atoms with van der Waals surface area (Å²) in [5.74, 6) is 0.474. The van der Waals surface area contributed by atoms with Gasteiger partial charge in [-0.15, -0.1) is 0 Å². The van der Waals surface area contributed by atoms with Crippen LogP contribution in [0.1, 0.15) is 0 Å². The third-order valence-corrected chi connectivity index (χ3v) is 1.95. The first-order valence-electron chi connectivity index (χ1n) is 2.62. The summed E-state index contributed by atoms with van der Waals surface area (Å²) in [6.45, 7) is 0. The molecule has 0 aromatic carbocycles. The fraction of sp³-hybridized carbons (Fsp3) is 0.200. The Kier molecular flexibility index (Phi) is 2.29. The Morgan fingerprint density at radius 1 is 1.90 bits per heavy atom. The van der Waals surface area contributed by atoms with Gasteiger partial charge in [-0.3, -0.25) is 4.79 Å². The van der Waals surface area contributed by atoms with E-state index in [1.54, 1.807) is 6.08 Å². The zero-order valence-corrected chi connectivity index (χ0v) is 6.72. The fourth-order valence-corrected chi connectivity index (χ4v) is 1.51. The quantitative estimate of drug-likeness (QED) is 0.433. The van der Waals surface area contributed by atoms with Gasteiger partial charge in [0.1, 0.15) is 0 Å². The van der Waals surface area contributed by atoms with E-state index in [4.69, 9.17) is 5.73 Å². The Hall–Kier alpha value is -0.550. The maximum absolute atomic E-state index is 10.6. The number of thiocarbonyl (C=S) groups is 1. The van der Waals surface area contributed by atoms with Crippen LogP contribution >= 0.6 is 24.0 Å². The van der Waals surface area contributed by atoms with Gasteiger partial charge >= 0.3 is 0 Å². The molecule has 0 aromatic heterocycles. The number of nitrogens with one attached hydrogen (secondary N) is 1. The molecular formula is C5H6N2OS2. The van der Waals surface area contributed by atoms with E-state index < -0.39 is 0 Å². The number of thioether (sulfide) groups is 1. The highest BCUT2D eigenvalue weighted by Gasteiger charge is 2.14. The number of carbonyl (C=O) groups excluding carboxylic acids is 1. The van der Waals surface area contributed by atoms with Gasteiger partial charge in [-0.2, -0.15) is 0 Å². The van der Waals surface area contributed by atoms with Crippen LogP contribution in [0.4, 0.5) is 0 Å². The summed E-state index contributed by atoms with van der Waals surface area (Å²) >= 11 is 6.02. The zero-order chi connectivity index (χ0) is 7.56. The second kappa shape index (κ2) is 3.03. The van der Waals surface area contributed by atoms with Crippen molar-refractivity contribution >= 4 is 34.9 Å². The monoisotopic (exact) mass is 174 g/mol. The molecule has 3 nitrogen and oxygen atoms in total. The molecule has 0 radical (unpaired) electrons. The summed E-state index contributed by atoms with van der Waals surface area (Å²) in [6, 6.07) is 0. The van der Waals surface area contributed by atoms with Gasteiger partial charge in [-0.25, -0.2) is 0 Å². The average Bonchev–Trinajstić information content (AvgIpc) is 2.13. The lowest BCUT2D eigenvalue weighted by molar-refractivity contribution is -0.117. The fourth-order valence-electron chi connectivity index (χ4n) is 0.560. The topological polar surface area (TPSA) is 55.1 Å². The van der Waals surface area contributed by atoms with Crippen LogP contribution in [-0.4, -0.2) is 16.6 Å². The number of carbonyl (C=O) groups is 1. The number of amides is 1. The standard InChI is InChI=1S/C5H6N2OS2/c6-3(9)1-5-7-4(8)2-10-5/h1H,2H2,(H2,6,9)(H,7,8)/b5-1-. The Morgan fingerprint density at radius 2 is 2.60 bits per heavy atom. The molecule has 0 aliphatic carbocycles. The Labute approximate surface area is 68.0 Å². The highest BCUT2D eigenvalue weighted by molar-refractivity contribution is 8.04. The molecule has 1 rings (SSSR count). The molecule has 3 N–H and O–H groups in total. The minimum Gasteiger partial charge on any atom is -0.390 e. The average molecular weight is 174 g/mol. The molecule has 1 aliphatic heterocycles. The molecule has 1 fully saturated rings. The second-order valence-corrected chi connectivity index (χ2v) is 3.24. The van der Waals surface area contributed by atoms with Gasteiger partial charge in [0.2, 0.25) is 5.91 Å². The first kappa shape index (κ1) is 7.56. The lowest BCUT2D eigenvalue weighted by Crippen LogP contribution is -2.15. The molecule has 0 unspecified atom stereocenters. The molecular weight excluding hydrogens is 168 g/mol. The lowest BCUT2D eigenvalue weighted by Gasteiger charge is -1.92. The minimum absolute atomic E-state index is 0.00694. The Balaban J connectivity index is 2.59. The van der Waals surface area contributed by atoms with E-state index in [0.29, 0.717) is 10.7 Å². The van der Waals surface area contributed by atoms with Gasteiger partial charge in [0, 0.05) is 6.08 Å². The zero-order valence-electron chi connectivity index (χ0n) is 5.09. The van der Waals surface area contributed by atoms with Gasteiger partial charge in [-0.1, -0.05) is 24.0 Å². The van der Waals surface area contributed by atoms with Gasteiger partial charge in [0.25, 0.3) is 0 Å². The van der Waals surface area contributed by atoms with Gasteiger partial charge in [0.05, 0.1) is 15.8 Å². The Morgan fingerprint density at radius 3 is 3.00 bits per heavy atom. The molecule has 0 aromatic rings. The van der Waals surface area contributed by atoms with Crippen LogP contribution in [0.15, 0.2) is 11.1 Å². The summed E-state index contributed by atoms with van der Waals surface area (Å²) in [7, 11) is 0. The van der Waals surface area contributed by atoms with Gasteiger partial charge < -0.3 is 11.1 Å². The third-order valence-electron chi connectivity index (χ3n) is 0.895. The van der Waals surface area contributed by atoms with Crippen LogP contribution in [-0.2, 0) is 4.79 Å². The first-order valence-corrected chi connectivity index (χ1v) is 4.01. The molecule has 5 heteroatoms. The predicted molar refractivity (Wildman–Crippen MR) is 45.5 cm³/mol. The molecule has 1 saturated heterocycles. The summed E-state index contributed by atoms with van der Waals surface area (Å²) in [4.78, 5) is 10.9. The lowest BCUT2D eigenvalue weighted by atomic mass is 10.6. The van der Waals surface area contributed by atoms with Crippen molar-refractivity contribution in [1.29, 1.82) is 0 Å². The van der Waals surface area contributed by atoms with E-state index in [1.807, 2.05) is 0 Å². The number of rotatable bonds is 1. The normalized spacial score (nSPS) is 21.2. The van der Waals surface area contributed by atoms with Crippen molar-refractivity contribution in [3.63, 3.8) is 0 Å². The number of hydrogen-bond acceptors (Lipinski definition) is 3. The summed E-state index contributed by atoms with van der Waals surface area (Å²) in [6.07, 6.45) is 1.57. The van der Waals surface area contributed by atoms with Crippen molar-refractivity contribution in [2.24, 2.45) is 5.73 Å².